The summed E-state index contributed by atoms with van der Waals surface area (Å²) in [5.74, 6) is -1.28. The van der Waals surface area contributed by atoms with Crippen LogP contribution in [-0.4, -0.2) is 16.5 Å². The summed E-state index contributed by atoms with van der Waals surface area (Å²) in [6, 6.07) is 8.10. The van der Waals surface area contributed by atoms with Crippen molar-refractivity contribution in [2.45, 2.75) is 46.1 Å². The normalized spacial score (nSPS) is 17.5. The first-order valence-corrected chi connectivity index (χ1v) is 8.11. The summed E-state index contributed by atoms with van der Waals surface area (Å²) in [4.78, 5) is 23.4. The molecule has 1 N–H and O–H groups in total. The van der Waals surface area contributed by atoms with Gasteiger partial charge in [0.2, 0.25) is 0 Å². The van der Waals surface area contributed by atoms with Crippen molar-refractivity contribution in [2.24, 2.45) is 0 Å². The van der Waals surface area contributed by atoms with Gasteiger partial charge in [-0.1, -0.05) is 12.1 Å². The van der Waals surface area contributed by atoms with Crippen LogP contribution in [0.3, 0.4) is 0 Å². The van der Waals surface area contributed by atoms with Gasteiger partial charge in [-0.3, -0.25) is 10.1 Å². The molecule has 0 fully saturated rings. The van der Waals surface area contributed by atoms with E-state index in [1.165, 1.54) is 12.1 Å². The van der Waals surface area contributed by atoms with Crippen LogP contribution in [0.25, 0.3) is 0 Å². The fourth-order valence-electron chi connectivity index (χ4n) is 2.90. The number of non-ortho nitro benzene ring substituents is 1. The molecule has 2 rings (SSSR count). The SMILES string of the molecule is CC1=C(C#N)[C@@H](c2cccc([N+](=O)[O-])c2)C(C(=O)OC(C)(C)C)=C(C)N1. The minimum absolute atomic E-state index is 0.0998. The first kappa shape index (κ1) is 19.2. The third-order valence-electron chi connectivity index (χ3n) is 3.91. The number of hydrogen-bond acceptors (Lipinski definition) is 6. The zero-order valence-corrected chi connectivity index (χ0v) is 15.4. The maximum absolute atomic E-state index is 12.8. The Morgan fingerprint density at radius 1 is 1.31 bits per heavy atom. The Bertz CT molecular complexity index is 870. The fourth-order valence-corrected chi connectivity index (χ4v) is 2.90. The second-order valence-electron chi connectivity index (χ2n) is 7.10. The molecule has 1 heterocycles. The minimum Gasteiger partial charge on any atom is -0.457 e. The van der Waals surface area contributed by atoms with Gasteiger partial charge < -0.3 is 10.1 Å². The van der Waals surface area contributed by atoms with Gasteiger partial charge >= 0.3 is 5.97 Å². The van der Waals surface area contributed by atoms with E-state index in [1.807, 2.05) is 0 Å². The highest BCUT2D eigenvalue weighted by Crippen LogP contribution is 2.39. The Kier molecular flexibility index (Phi) is 5.17. The Morgan fingerprint density at radius 2 is 1.96 bits per heavy atom. The maximum atomic E-state index is 12.8. The van der Waals surface area contributed by atoms with E-state index in [2.05, 4.69) is 11.4 Å². The molecule has 0 aromatic heterocycles. The predicted octanol–water partition coefficient (Wildman–Crippen LogP) is 3.69. The van der Waals surface area contributed by atoms with Gasteiger partial charge in [-0.15, -0.1) is 0 Å². The summed E-state index contributed by atoms with van der Waals surface area (Å²) < 4.78 is 5.50. The Balaban J connectivity index is 2.63. The summed E-state index contributed by atoms with van der Waals surface area (Å²) in [5, 5.41) is 23.8. The number of benzene rings is 1. The summed E-state index contributed by atoms with van der Waals surface area (Å²) in [5.41, 5.74) is 1.47. The molecular weight excluding hydrogens is 334 g/mol. The summed E-state index contributed by atoms with van der Waals surface area (Å²) in [7, 11) is 0. The monoisotopic (exact) mass is 355 g/mol. The number of hydrogen-bond donors (Lipinski definition) is 1. The van der Waals surface area contributed by atoms with Crippen molar-refractivity contribution in [3.8, 4) is 6.07 Å². The van der Waals surface area contributed by atoms with Gasteiger partial charge in [-0.05, 0) is 40.2 Å². The lowest BCUT2D eigenvalue weighted by Gasteiger charge is -2.30. The number of carbonyl (C=O) groups excluding carboxylic acids is 1. The van der Waals surface area contributed by atoms with Crippen molar-refractivity contribution in [1.29, 1.82) is 5.26 Å². The number of dihydropyridines is 1. The molecule has 26 heavy (non-hydrogen) atoms. The van der Waals surface area contributed by atoms with Crippen LogP contribution >= 0.6 is 0 Å². The number of nitrogens with zero attached hydrogens (tertiary/aromatic N) is 2. The van der Waals surface area contributed by atoms with Gasteiger partial charge in [-0.25, -0.2) is 4.79 Å². The van der Waals surface area contributed by atoms with Crippen molar-refractivity contribution in [3.05, 3.63) is 62.5 Å². The van der Waals surface area contributed by atoms with Crippen molar-refractivity contribution in [3.63, 3.8) is 0 Å². The third-order valence-corrected chi connectivity index (χ3v) is 3.91. The van der Waals surface area contributed by atoms with E-state index < -0.39 is 22.4 Å². The van der Waals surface area contributed by atoms with Gasteiger partial charge in [-0.2, -0.15) is 5.26 Å². The van der Waals surface area contributed by atoms with Crippen LogP contribution < -0.4 is 5.32 Å². The third kappa shape index (κ3) is 3.91. The van der Waals surface area contributed by atoms with E-state index in [0.717, 1.165) is 0 Å². The lowest BCUT2D eigenvalue weighted by atomic mass is 9.81. The number of rotatable bonds is 3. The van der Waals surface area contributed by atoms with Crippen molar-refractivity contribution in [1.82, 2.24) is 5.32 Å². The highest BCUT2D eigenvalue weighted by Gasteiger charge is 2.36. The molecule has 1 aliphatic rings. The van der Waals surface area contributed by atoms with Crippen LogP contribution in [0, 0.1) is 21.4 Å². The zero-order valence-electron chi connectivity index (χ0n) is 15.4. The number of nitro groups is 1. The van der Waals surface area contributed by atoms with E-state index in [9.17, 15) is 20.2 Å². The molecular formula is C19H21N3O4. The van der Waals surface area contributed by atoms with Gasteiger partial charge in [0.05, 0.1) is 28.1 Å². The quantitative estimate of drug-likeness (QED) is 0.503. The predicted molar refractivity (Wildman–Crippen MR) is 95.8 cm³/mol. The number of allylic oxidation sites excluding steroid dienone is 3. The highest BCUT2D eigenvalue weighted by atomic mass is 16.6. The first-order valence-electron chi connectivity index (χ1n) is 8.11. The van der Waals surface area contributed by atoms with Crippen LogP contribution in [0.5, 0.6) is 0 Å². The van der Waals surface area contributed by atoms with Crippen LogP contribution in [-0.2, 0) is 9.53 Å². The topological polar surface area (TPSA) is 105 Å². The molecule has 0 amide bonds. The van der Waals surface area contributed by atoms with E-state index in [1.54, 1.807) is 46.8 Å². The lowest BCUT2D eigenvalue weighted by molar-refractivity contribution is -0.384. The van der Waals surface area contributed by atoms with E-state index >= 15 is 0 Å². The summed E-state index contributed by atoms with van der Waals surface area (Å²) in [6.45, 7) is 8.72. The average Bonchev–Trinajstić information content (AvgIpc) is 2.52. The molecule has 1 aromatic carbocycles. The van der Waals surface area contributed by atoms with Crippen LogP contribution in [0.15, 0.2) is 46.8 Å². The Hall–Kier alpha value is -3.14. The molecule has 7 heteroatoms. The summed E-state index contributed by atoms with van der Waals surface area (Å²) in [6.07, 6.45) is 0. The van der Waals surface area contributed by atoms with Crippen molar-refractivity contribution < 1.29 is 14.5 Å². The molecule has 0 aliphatic carbocycles. The molecule has 1 aromatic rings. The van der Waals surface area contributed by atoms with Gasteiger partial charge in [0.1, 0.15) is 5.60 Å². The van der Waals surface area contributed by atoms with Gasteiger partial charge in [0.15, 0.2) is 0 Å². The van der Waals surface area contributed by atoms with E-state index in [-0.39, 0.29) is 11.3 Å². The van der Waals surface area contributed by atoms with E-state index in [4.69, 9.17) is 4.74 Å². The number of ether oxygens (including phenoxy) is 1. The van der Waals surface area contributed by atoms with Crippen LogP contribution in [0.1, 0.15) is 46.1 Å². The second kappa shape index (κ2) is 7.00. The van der Waals surface area contributed by atoms with Gasteiger partial charge in [0, 0.05) is 23.5 Å². The average molecular weight is 355 g/mol. The maximum Gasteiger partial charge on any atom is 0.337 e. The number of nitrogens with one attached hydrogen (secondary N) is 1. The van der Waals surface area contributed by atoms with Crippen molar-refractivity contribution >= 4 is 11.7 Å². The highest BCUT2D eigenvalue weighted by molar-refractivity contribution is 5.93. The molecule has 0 saturated carbocycles. The second-order valence-corrected chi connectivity index (χ2v) is 7.10. The van der Waals surface area contributed by atoms with Crippen LogP contribution in [0.2, 0.25) is 0 Å². The number of nitriles is 1. The molecule has 136 valence electrons. The first-order chi connectivity index (χ1) is 12.0. The van der Waals surface area contributed by atoms with Crippen LogP contribution in [0.4, 0.5) is 5.69 Å². The molecule has 0 saturated heterocycles. The largest absolute Gasteiger partial charge is 0.457 e. The zero-order chi connectivity index (χ0) is 19.6. The molecule has 0 bridgehead atoms. The minimum atomic E-state index is -0.726. The van der Waals surface area contributed by atoms with Gasteiger partial charge in [0.25, 0.3) is 5.69 Å². The van der Waals surface area contributed by atoms with E-state index in [0.29, 0.717) is 22.5 Å². The molecule has 0 radical (unpaired) electrons. The molecule has 1 atom stereocenters. The number of esters is 1. The molecule has 0 spiro atoms. The molecule has 0 unspecified atom stereocenters. The number of carbonyl (C=O) groups is 1. The summed E-state index contributed by atoms with van der Waals surface area (Å²) >= 11 is 0. The Labute approximate surface area is 152 Å². The molecule has 7 nitrogen and oxygen atoms in total. The molecule has 1 aliphatic heterocycles. The Morgan fingerprint density at radius 3 is 2.50 bits per heavy atom. The fraction of sp³-hybridized carbons (Fsp3) is 0.368. The lowest BCUT2D eigenvalue weighted by Crippen LogP contribution is -2.32. The standard InChI is InChI=1S/C19H21N3O4/c1-11-15(10-20)17(13-7-6-8-14(9-13)22(24)25)16(12(2)21-11)18(23)26-19(3,4)5/h6-9,17,21H,1-5H3/t17-/m1/s1. The number of nitro benzene ring substituents is 1. The van der Waals surface area contributed by atoms with Crippen molar-refractivity contribution in [2.75, 3.05) is 0 Å². The smallest absolute Gasteiger partial charge is 0.337 e.